The van der Waals surface area contributed by atoms with Crippen LogP contribution in [0.4, 0.5) is 5.95 Å². The summed E-state index contributed by atoms with van der Waals surface area (Å²) in [5.41, 5.74) is 1.59. The average Bonchev–Trinajstić information content (AvgIpc) is 3.37. The van der Waals surface area contributed by atoms with Gasteiger partial charge in [-0.3, -0.25) is 9.59 Å². The highest BCUT2D eigenvalue weighted by Gasteiger charge is 2.48. The maximum absolute atomic E-state index is 12.1. The van der Waals surface area contributed by atoms with E-state index in [1.807, 2.05) is 30.3 Å². The summed E-state index contributed by atoms with van der Waals surface area (Å²) in [7, 11) is 1.62. The Morgan fingerprint density at radius 3 is 2.69 bits per heavy atom. The van der Waals surface area contributed by atoms with E-state index < -0.39 is 5.97 Å². The summed E-state index contributed by atoms with van der Waals surface area (Å²) < 4.78 is 17.2. The van der Waals surface area contributed by atoms with Crippen molar-refractivity contribution < 1.29 is 28.9 Å². The van der Waals surface area contributed by atoms with E-state index in [4.69, 9.17) is 19.3 Å². The zero-order chi connectivity index (χ0) is 22.5. The second-order valence-corrected chi connectivity index (χ2v) is 8.36. The highest BCUT2D eigenvalue weighted by atomic mass is 32.2. The van der Waals surface area contributed by atoms with Crippen molar-refractivity contribution in [3.63, 3.8) is 0 Å². The van der Waals surface area contributed by atoms with Crippen LogP contribution in [0.25, 0.3) is 11.3 Å². The summed E-state index contributed by atoms with van der Waals surface area (Å²) in [6.07, 6.45) is 1.13. The van der Waals surface area contributed by atoms with Gasteiger partial charge in [0, 0.05) is 11.8 Å². The fraction of sp³-hybridized carbons (Fsp3) is 0.429. The Balaban J connectivity index is 1.36. The Hall–Kier alpha value is -2.89. The number of hydrogen-bond donors (Lipinski definition) is 3. The second-order valence-electron chi connectivity index (χ2n) is 7.37. The molecule has 1 aromatic carbocycles. The minimum atomic E-state index is -0.947. The molecule has 0 saturated carbocycles. The monoisotopic (exact) mass is 460 g/mol. The van der Waals surface area contributed by atoms with E-state index in [1.165, 1.54) is 0 Å². The summed E-state index contributed by atoms with van der Waals surface area (Å²) in [5.74, 6) is -0.0532. The molecule has 4 rings (SSSR count). The molecule has 3 N–H and O–H groups in total. The number of carboxylic acids is 1. The lowest BCUT2D eigenvalue weighted by Crippen LogP contribution is -2.45. The van der Waals surface area contributed by atoms with Gasteiger partial charge in [0.05, 0.1) is 49.6 Å². The summed E-state index contributed by atoms with van der Waals surface area (Å²) in [6.45, 7) is 0.711. The van der Waals surface area contributed by atoms with Crippen LogP contribution >= 0.6 is 11.8 Å². The normalized spacial score (nSPS) is 24.0. The van der Waals surface area contributed by atoms with E-state index in [9.17, 15) is 9.59 Å². The molecule has 2 aromatic rings. The van der Waals surface area contributed by atoms with Crippen LogP contribution in [0.2, 0.25) is 0 Å². The first-order valence-electron chi connectivity index (χ1n) is 10.1. The third kappa shape index (κ3) is 5.12. The van der Waals surface area contributed by atoms with E-state index in [0.29, 0.717) is 19.2 Å². The molecule has 4 atom stereocenters. The predicted octanol–water partition coefficient (Wildman–Crippen LogP) is 1.03. The molecule has 2 aliphatic rings. The van der Waals surface area contributed by atoms with Crippen LogP contribution in [0.1, 0.15) is 0 Å². The van der Waals surface area contributed by atoms with Gasteiger partial charge in [0.15, 0.2) is 0 Å². The Kier molecular flexibility index (Phi) is 7.08. The smallest absolute Gasteiger partial charge is 0.313 e. The molecule has 32 heavy (non-hydrogen) atoms. The summed E-state index contributed by atoms with van der Waals surface area (Å²) >= 11 is 1.05. The number of aromatic nitrogens is 2. The lowest BCUT2D eigenvalue weighted by molar-refractivity contribution is -0.133. The third-order valence-corrected chi connectivity index (χ3v) is 6.13. The number of carboxylic acid groups (broad SMARTS) is 1. The predicted molar refractivity (Wildman–Crippen MR) is 118 cm³/mol. The maximum Gasteiger partial charge on any atom is 0.313 e. The molecule has 170 valence electrons. The van der Waals surface area contributed by atoms with Crippen molar-refractivity contribution in [2.24, 2.45) is 0 Å². The van der Waals surface area contributed by atoms with Crippen molar-refractivity contribution in [3.8, 4) is 17.0 Å². The van der Waals surface area contributed by atoms with Gasteiger partial charge in [-0.15, -0.1) is 11.8 Å². The molecule has 0 bridgehead atoms. The number of nitrogens with zero attached hydrogens (tertiary/aromatic N) is 2. The number of hydrogen-bond acceptors (Lipinski definition) is 9. The molecule has 0 spiro atoms. The maximum atomic E-state index is 12.1. The first-order valence-corrected chi connectivity index (χ1v) is 11.3. The van der Waals surface area contributed by atoms with Gasteiger partial charge in [0.2, 0.25) is 11.9 Å². The van der Waals surface area contributed by atoms with Gasteiger partial charge in [0.1, 0.15) is 18.0 Å². The molecular weight excluding hydrogens is 436 g/mol. The summed E-state index contributed by atoms with van der Waals surface area (Å²) in [4.78, 5) is 31.6. The number of thioether (sulfide) groups is 1. The number of para-hydroxylation sites is 1. The van der Waals surface area contributed by atoms with Crippen LogP contribution in [-0.4, -0.2) is 83.1 Å². The van der Waals surface area contributed by atoms with E-state index in [2.05, 4.69) is 20.6 Å². The van der Waals surface area contributed by atoms with Crippen molar-refractivity contribution in [1.82, 2.24) is 15.3 Å². The average molecular weight is 461 g/mol. The lowest BCUT2D eigenvalue weighted by Gasteiger charge is -2.18. The van der Waals surface area contributed by atoms with Gasteiger partial charge < -0.3 is 30.0 Å². The number of carbonyl (C=O) groups excluding carboxylic acids is 1. The van der Waals surface area contributed by atoms with Crippen molar-refractivity contribution in [2.75, 3.05) is 37.1 Å². The number of amides is 1. The van der Waals surface area contributed by atoms with Crippen LogP contribution in [0, 0.1) is 0 Å². The number of methoxy groups -OCH3 is 1. The molecule has 2 fully saturated rings. The Labute approximate surface area is 189 Å². The van der Waals surface area contributed by atoms with Crippen LogP contribution < -0.4 is 15.4 Å². The second kappa shape index (κ2) is 10.2. The van der Waals surface area contributed by atoms with Crippen molar-refractivity contribution in [3.05, 3.63) is 36.5 Å². The molecule has 11 heteroatoms. The quantitative estimate of drug-likeness (QED) is 0.498. The van der Waals surface area contributed by atoms with Gasteiger partial charge in [-0.2, -0.15) is 0 Å². The molecule has 3 heterocycles. The van der Waals surface area contributed by atoms with Crippen LogP contribution in [-0.2, 0) is 19.1 Å². The lowest BCUT2D eigenvalue weighted by atomic mass is 10.1. The minimum Gasteiger partial charge on any atom is -0.496 e. The molecule has 0 unspecified atom stereocenters. The minimum absolute atomic E-state index is 0.0748. The zero-order valence-electron chi connectivity index (χ0n) is 17.4. The molecule has 1 aromatic heterocycles. The molecule has 0 radical (unpaired) electrons. The number of fused-ring (bicyclic) bond motifs is 1. The Morgan fingerprint density at radius 2 is 1.91 bits per heavy atom. The van der Waals surface area contributed by atoms with Crippen LogP contribution in [0.3, 0.4) is 0 Å². The first-order chi connectivity index (χ1) is 15.5. The van der Waals surface area contributed by atoms with Gasteiger partial charge >= 0.3 is 5.97 Å². The first kappa shape index (κ1) is 22.3. The van der Waals surface area contributed by atoms with Gasteiger partial charge in [0.25, 0.3) is 0 Å². The number of aliphatic carboxylic acids is 1. The van der Waals surface area contributed by atoms with E-state index in [1.54, 1.807) is 13.3 Å². The van der Waals surface area contributed by atoms with Crippen molar-refractivity contribution in [1.29, 1.82) is 0 Å². The zero-order valence-corrected chi connectivity index (χ0v) is 18.2. The number of rotatable bonds is 9. The van der Waals surface area contributed by atoms with Crippen molar-refractivity contribution in [2.45, 2.75) is 24.3 Å². The fourth-order valence-electron chi connectivity index (χ4n) is 3.83. The van der Waals surface area contributed by atoms with Crippen molar-refractivity contribution >= 4 is 29.6 Å². The number of ether oxygens (including phenoxy) is 3. The summed E-state index contributed by atoms with van der Waals surface area (Å²) in [5, 5.41) is 14.8. The third-order valence-electron chi connectivity index (χ3n) is 5.21. The number of benzene rings is 1. The van der Waals surface area contributed by atoms with Crippen LogP contribution in [0.15, 0.2) is 36.5 Å². The van der Waals surface area contributed by atoms with Gasteiger partial charge in [-0.25, -0.2) is 9.97 Å². The van der Waals surface area contributed by atoms with E-state index >= 15 is 0 Å². The molecule has 0 aliphatic carbocycles. The van der Waals surface area contributed by atoms with E-state index in [-0.39, 0.29) is 41.7 Å². The number of nitrogens with one attached hydrogen (secondary N) is 2. The summed E-state index contributed by atoms with van der Waals surface area (Å²) in [6, 6.07) is 8.99. The number of anilines is 1. The molecule has 2 saturated heterocycles. The highest BCUT2D eigenvalue weighted by molar-refractivity contribution is 8.00. The van der Waals surface area contributed by atoms with Gasteiger partial charge in [-0.05, 0) is 18.2 Å². The number of carbonyl (C=O) groups is 2. The standard InChI is InChI=1S/C21H24N4O6S/c1-29-16-5-3-2-4-12(16)13-6-7-22-21(24-13)25-15-9-31-19-14(8-30-20(15)19)23-17(26)10-32-11-18(27)28/h2-7,14-15,19-20H,8-11H2,1H3,(H,23,26)(H,27,28)(H,22,24,25)/t14-,15-,19+,20+/m0/s1. The molecule has 10 nitrogen and oxygen atoms in total. The SMILES string of the molecule is COc1ccccc1-c1ccnc(N[C@H]2CO[C@H]3[C@@H]2OC[C@@H]3NC(=O)CSCC(=O)O)n1. The Bertz CT molecular complexity index is 977. The molecular formula is C21H24N4O6S. The highest BCUT2D eigenvalue weighted by Crippen LogP contribution is 2.30. The molecule has 2 aliphatic heterocycles. The largest absolute Gasteiger partial charge is 0.496 e. The van der Waals surface area contributed by atoms with E-state index in [0.717, 1.165) is 28.8 Å². The van der Waals surface area contributed by atoms with Crippen LogP contribution in [0.5, 0.6) is 5.75 Å². The molecule has 1 amide bonds. The fourth-order valence-corrected chi connectivity index (χ4v) is 4.37. The van der Waals surface area contributed by atoms with Gasteiger partial charge in [-0.1, -0.05) is 12.1 Å². The Morgan fingerprint density at radius 1 is 1.16 bits per heavy atom. The topological polar surface area (TPSA) is 132 Å².